The van der Waals surface area contributed by atoms with Crippen LogP contribution in [-0.2, 0) is 11.3 Å². The van der Waals surface area contributed by atoms with Crippen molar-refractivity contribution in [2.75, 3.05) is 32.7 Å². The highest BCUT2D eigenvalue weighted by Gasteiger charge is 2.18. The molecule has 0 atom stereocenters. The van der Waals surface area contributed by atoms with Gasteiger partial charge in [0, 0.05) is 38.3 Å². The van der Waals surface area contributed by atoms with Crippen molar-refractivity contribution in [2.24, 2.45) is 5.73 Å². The Balaban J connectivity index is 1.88. The average Bonchev–Trinajstić information content (AvgIpc) is 2.41. The number of primary amides is 1. The van der Waals surface area contributed by atoms with Crippen LogP contribution < -0.4 is 5.73 Å². The van der Waals surface area contributed by atoms with E-state index in [-0.39, 0.29) is 11.7 Å². The molecule has 1 fully saturated rings. The SMILES string of the molecule is CC(=O)c1cccc(CN2CCN(CC(N)=O)CC2)c1. The molecule has 1 aliphatic rings. The maximum absolute atomic E-state index is 11.4. The highest BCUT2D eigenvalue weighted by molar-refractivity contribution is 5.94. The van der Waals surface area contributed by atoms with Crippen molar-refractivity contribution in [3.8, 4) is 0 Å². The van der Waals surface area contributed by atoms with E-state index < -0.39 is 0 Å². The molecule has 5 heteroatoms. The van der Waals surface area contributed by atoms with Crippen LogP contribution in [0.4, 0.5) is 0 Å². The minimum atomic E-state index is -0.271. The maximum Gasteiger partial charge on any atom is 0.231 e. The number of Topliss-reactive ketones (excluding diaryl/α,β-unsaturated/α-hetero) is 1. The van der Waals surface area contributed by atoms with E-state index in [0.29, 0.717) is 6.54 Å². The lowest BCUT2D eigenvalue weighted by Gasteiger charge is -2.34. The van der Waals surface area contributed by atoms with Crippen LogP contribution >= 0.6 is 0 Å². The Morgan fingerprint density at radius 1 is 1.15 bits per heavy atom. The van der Waals surface area contributed by atoms with E-state index >= 15 is 0 Å². The van der Waals surface area contributed by atoms with E-state index in [1.165, 1.54) is 0 Å². The molecule has 1 aromatic rings. The molecule has 0 aromatic heterocycles. The quantitative estimate of drug-likeness (QED) is 0.794. The van der Waals surface area contributed by atoms with Crippen LogP contribution in [0.2, 0.25) is 0 Å². The molecule has 2 N–H and O–H groups in total. The highest BCUT2D eigenvalue weighted by atomic mass is 16.1. The molecule has 20 heavy (non-hydrogen) atoms. The van der Waals surface area contributed by atoms with Crippen molar-refractivity contribution in [3.63, 3.8) is 0 Å². The second-order valence-corrected chi connectivity index (χ2v) is 5.28. The van der Waals surface area contributed by atoms with Crippen LogP contribution in [0.3, 0.4) is 0 Å². The first-order valence-electron chi connectivity index (χ1n) is 6.87. The molecule has 108 valence electrons. The average molecular weight is 275 g/mol. The molecule has 1 aromatic carbocycles. The molecule has 1 aliphatic heterocycles. The lowest BCUT2D eigenvalue weighted by molar-refractivity contribution is -0.119. The minimum Gasteiger partial charge on any atom is -0.369 e. The van der Waals surface area contributed by atoms with E-state index in [9.17, 15) is 9.59 Å². The molecular weight excluding hydrogens is 254 g/mol. The van der Waals surface area contributed by atoms with Gasteiger partial charge in [-0.1, -0.05) is 18.2 Å². The van der Waals surface area contributed by atoms with E-state index in [1.807, 2.05) is 24.3 Å². The van der Waals surface area contributed by atoms with Crippen LogP contribution in [0.5, 0.6) is 0 Å². The normalized spacial score (nSPS) is 17.1. The molecule has 0 spiro atoms. The minimum absolute atomic E-state index is 0.0955. The number of benzene rings is 1. The molecule has 1 saturated heterocycles. The number of carbonyl (C=O) groups excluding carboxylic acids is 2. The zero-order valence-corrected chi connectivity index (χ0v) is 11.8. The van der Waals surface area contributed by atoms with E-state index in [2.05, 4.69) is 9.80 Å². The number of rotatable bonds is 5. The van der Waals surface area contributed by atoms with Gasteiger partial charge < -0.3 is 5.73 Å². The fourth-order valence-corrected chi connectivity index (χ4v) is 2.47. The Kier molecular flexibility index (Phi) is 4.87. The molecule has 0 saturated carbocycles. The standard InChI is InChI=1S/C15H21N3O2/c1-12(19)14-4-2-3-13(9-14)10-17-5-7-18(8-6-17)11-15(16)20/h2-4,9H,5-8,10-11H2,1H3,(H2,16,20). The lowest BCUT2D eigenvalue weighted by atomic mass is 10.1. The first kappa shape index (κ1) is 14.7. The van der Waals surface area contributed by atoms with Gasteiger partial charge >= 0.3 is 0 Å². The second kappa shape index (κ2) is 6.63. The summed E-state index contributed by atoms with van der Waals surface area (Å²) in [5.74, 6) is -0.175. The van der Waals surface area contributed by atoms with Crippen molar-refractivity contribution in [2.45, 2.75) is 13.5 Å². The summed E-state index contributed by atoms with van der Waals surface area (Å²) in [5.41, 5.74) is 7.11. The number of nitrogens with two attached hydrogens (primary N) is 1. The third-order valence-corrected chi connectivity index (χ3v) is 3.58. The molecule has 5 nitrogen and oxygen atoms in total. The molecule has 1 amide bonds. The molecule has 2 rings (SSSR count). The summed E-state index contributed by atoms with van der Waals surface area (Å²) in [7, 11) is 0. The summed E-state index contributed by atoms with van der Waals surface area (Å²) in [5, 5.41) is 0. The van der Waals surface area contributed by atoms with Gasteiger partial charge in [0.25, 0.3) is 0 Å². The summed E-state index contributed by atoms with van der Waals surface area (Å²) in [6, 6.07) is 7.77. The molecule has 0 unspecified atom stereocenters. The van der Waals surface area contributed by atoms with Crippen LogP contribution in [0, 0.1) is 0 Å². The van der Waals surface area contributed by atoms with Gasteiger partial charge in [-0.15, -0.1) is 0 Å². The van der Waals surface area contributed by atoms with Gasteiger partial charge in [0.2, 0.25) is 5.91 Å². The summed E-state index contributed by atoms with van der Waals surface area (Å²) in [4.78, 5) is 26.7. The lowest BCUT2D eigenvalue weighted by Crippen LogP contribution is -2.48. The molecule has 0 radical (unpaired) electrons. The maximum atomic E-state index is 11.4. The van der Waals surface area contributed by atoms with E-state index in [4.69, 9.17) is 5.73 Å². The Morgan fingerprint density at radius 3 is 2.40 bits per heavy atom. The predicted octanol–water partition coefficient (Wildman–Crippen LogP) is 0.492. The van der Waals surface area contributed by atoms with Crippen molar-refractivity contribution >= 4 is 11.7 Å². The van der Waals surface area contributed by atoms with Gasteiger partial charge in [0.05, 0.1) is 6.54 Å². The third-order valence-electron chi connectivity index (χ3n) is 3.58. The largest absolute Gasteiger partial charge is 0.369 e. The number of nitrogens with zero attached hydrogens (tertiary/aromatic N) is 2. The highest BCUT2D eigenvalue weighted by Crippen LogP contribution is 2.11. The van der Waals surface area contributed by atoms with Crippen molar-refractivity contribution in [1.82, 2.24) is 9.80 Å². The van der Waals surface area contributed by atoms with Crippen molar-refractivity contribution in [3.05, 3.63) is 35.4 Å². The monoisotopic (exact) mass is 275 g/mol. The number of piperazine rings is 1. The van der Waals surface area contributed by atoms with Crippen LogP contribution in [0.25, 0.3) is 0 Å². The third kappa shape index (κ3) is 4.15. The van der Waals surface area contributed by atoms with E-state index in [1.54, 1.807) is 6.92 Å². The Bertz CT molecular complexity index is 494. The summed E-state index contributed by atoms with van der Waals surface area (Å²) in [6.45, 7) is 6.31. The first-order valence-corrected chi connectivity index (χ1v) is 6.87. The molecular formula is C15H21N3O2. The van der Waals surface area contributed by atoms with Gasteiger partial charge in [-0.2, -0.15) is 0 Å². The summed E-state index contributed by atoms with van der Waals surface area (Å²) < 4.78 is 0. The number of amides is 1. The van der Waals surface area contributed by atoms with Crippen molar-refractivity contribution < 1.29 is 9.59 Å². The van der Waals surface area contributed by atoms with Gasteiger partial charge in [-0.05, 0) is 18.6 Å². The molecule has 0 bridgehead atoms. The number of carbonyl (C=O) groups is 2. The first-order chi connectivity index (χ1) is 9.54. The van der Waals surface area contributed by atoms with Gasteiger partial charge in [0.1, 0.15) is 0 Å². The summed E-state index contributed by atoms with van der Waals surface area (Å²) in [6.07, 6.45) is 0. The fourth-order valence-electron chi connectivity index (χ4n) is 2.47. The van der Waals surface area contributed by atoms with Crippen molar-refractivity contribution in [1.29, 1.82) is 0 Å². The Morgan fingerprint density at radius 2 is 1.80 bits per heavy atom. The Hall–Kier alpha value is -1.72. The van der Waals surface area contributed by atoms with Crippen LogP contribution in [-0.4, -0.2) is 54.2 Å². The van der Waals surface area contributed by atoms with Gasteiger partial charge in [-0.3, -0.25) is 19.4 Å². The predicted molar refractivity (Wildman–Crippen MR) is 77.4 cm³/mol. The smallest absolute Gasteiger partial charge is 0.231 e. The number of hydrogen-bond acceptors (Lipinski definition) is 4. The van der Waals surface area contributed by atoms with E-state index in [0.717, 1.165) is 43.9 Å². The topological polar surface area (TPSA) is 66.6 Å². The summed E-state index contributed by atoms with van der Waals surface area (Å²) >= 11 is 0. The fraction of sp³-hybridized carbons (Fsp3) is 0.467. The zero-order valence-electron chi connectivity index (χ0n) is 11.8. The van der Waals surface area contributed by atoms with Gasteiger partial charge in [-0.25, -0.2) is 0 Å². The second-order valence-electron chi connectivity index (χ2n) is 5.28. The zero-order chi connectivity index (χ0) is 14.5. The van der Waals surface area contributed by atoms with Gasteiger partial charge in [0.15, 0.2) is 5.78 Å². The number of hydrogen-bond donors (Lipinski definition) is 1. The van der Waals surface area contributed by atoms with Crippen LogP contribution in [0.1, 0.15) is 22.8 Å². The number of ketones is 1. The molecule has 1 heterocycles. The Labute approximate surface area is 119 Å². The van der Waals surface area contributed by atoms with Crippen LogP contribution in [0.15, 0.2) is 24.3 Å². The molecule has 0 aliphatic carbocycles.